The Bertz CT molecular complexity index is 1280. The second-order valence-electron chi connectivity index (χ2n) is 8.12. The molecule has 6 heteroatoms. The third-order valence-corrected chi connectivity index (χ3v) is 6.14. The summed E-state index contributed by atoms with van der Waals surface area (Å²) in [4.78, 5) is 28.4. The van der Waals surface area contributed by atoms with Gasteiger partial charge >= 0.3 is 5.97 Å². The predicted molar refractivity (Wildman–Crippen MR) is 118 cm³/mol. The standard InChI is InChI=1S/C25H24N2O4/c1-30-25(29)22(10-17-13-26-21-8-3-2-7-19(17)21)27-24(28)12-18-14-31-23-11-16-6-4-5-15(16)9-20(18)23/h2-3,7-9,11,13-14,22,26H,4-6,10,12H2,1H3,(H,27,28)/t22-/m0/s1. The zero-order chi connectivity index (χ0) is 21.4. The number of rotatable bonds is 6. The van der Waals surface area contributed by atoms with Crippen molar-refractivity contribution >= 4 is 33.7 Å². The molecule has 5 rings (SSSR count). The van der Waals surface area contributed by atoms with Gasteiger partial charge in [0.2, 0.25) is 5.91 Å². The van der Waals surface area contributed by atoms with E-state index < -0.39 is 12.0 Å². The van der Waals surface area contributed by atoms with Crippen molar-refractivity contribution in [2.24, 2.45) is 0 Å². The summed E-state index contributed by atoms with van der Waals surface area (Å²) in [5, 5.41) is 4.86. The highest BCUT2D eigenvalue weighted by Crippen LogP contribution is 2.30. The number of aryl methyl sites for hydroxylation is 2. The Labute approximate surface area is 179 Å². The smallest absolute Gasteiger partial charge is 0.328 e. The number of aromatic amines is 1. The number of aromatic nitrogens is 1. The number of methoxy groups -OCH3 is 1. The molecule has 1 amide bonds. The number of furan rings is 1. The van der Waals surface area contributed by atoms with Crippen molar-refractivity contribution in [2.75, 3.05) is 7.11 Å². The van der Waals surface area contributed by atoms with E-state index in [0.717, 1.165) is 52.3 Å². The molecule has 2 aromatic heterocycles. The number of ether oxygens (including phenoxy) is 1. The minimum Gasteiger partial charge on any atom is -0.467 e. The van der Waals surface area contributed by atoms with Gasteiger partial charge in [0.15, 0.2) is 0 Å². The fraction of sp³-hybridized carbons (Fsp3) is 0.280. The summed E-state index contributed by atoms with van der Waals surface area (Å²) in [5.41, 5.74) is 6.26. The average molecular weight is 416 g/mol. The molecule has 0 radical (unpaired) electrons. The number of carbonyl (C=O) groups excluding carboxylic acids is 2. The van der Waals surface area contributed by atoms with Crippen molar-refractivity contribution in [3.05, 3.63) is 71.1 Å². The predicted octanol–water partition coefficient (Wildman–Crippen LogP) is 3.85. The summed E-state index contributed by atoms with van der Waals surface area (Å²) < 4.78 is 10.7. The van der Waals surface area contributed by atoms with E-state index in [4.69, 9.17) is 9.15 Å². The van der Waals surface area contributed by atoms with Crippen LogP contribution in [-0.4, -0.2) is 30.0 Å². The van der Waals surface area contributed by atoms with Gasteiger partial charge in [-0.3, -0.25) is 4.79 Å². The first-order chi connectivity index (χ1) is 15.1. The average Bonchev–Trinajstić information content (AvgIpc) is 3.50. The molecule has 1 aliphatic rings. The van der Waals surface area contributed by atoms with Crippen molar-refractivity contribution in [1.29, 1.82) is 0 Å². The van der Waals surface area contributed by atoms with Gasteiger partial charge in [0.25, 0.3) is 0 Å². The molecule has 0 saturated carbocycles. The normalized spacial score (nSPS) is 14.0. The zero-order valence-electron chi connectivity index (χ0n) is 17.4. The molecule has 2 aromatic carbocycles. The molecule has 2 heterocycles. The van der Waals surface area contributed by atoms with Crippen LogP contribution in [-0.2, 0) is 40.0 Å². The molecule has 0 aliphatic heterocycles. The van der Waals surface area contributed by atoms with Gasteiger partial charge in [-0.2, -0.15) is 0 Å². The molecule has 4 aromatic rings. The molecular formula is C25H24N2O4. The number of para-hydroxylation sites is 1. The summed E-state index contributed by atoms with van der Waals surface area (Å²) >= 11 is 0. The third-order valence-electron chi connectivity index (χ3n) is 6.14. The lowest BCUT2D eigenvalue weighted by Crippen LogP contribution is -2.43. The van der Waals surface area contributed by atoms with E-state index in [-0.39, 0.29) is 12.3 Å². The number of hydrogen-bond donors (Lipinski definition) is 2. The quantitative estimate of drug-likeness (QED) is 0.468. The SMILES string of the molecule is COC(=O)[C@H](Cc1c[nH]c2ccccc12)NC(=O)Cc1coc2cc3c(cc12)CCC3. The van der Waals surface area contributed by atoms with Gasteiger partial charge in [0.1, 0.15) is 11.6 Å². The molecule has 31 heavy (non-hydrogen) atoms. The number of benzene rings is 2. The van der Waals surface area contributed by atoms with Crippen molar-refractivity contribution in [2.45, 2.75) is 38.1 Å². The van der Waals surface area contributed by atoms with E-state index in [1.54, 1.807) is 6.26 Å². The molecule has 0 unspecified atom stereocenters. The van der Waals surface area contributed by atoms with Crippen molar-refractivity contribution < 1.29 is 18.7 Å². The Kier molecular flexibility index (Phi) is 4.98. The van der Waals surface area contributed by atoms with Crippen LogP contribution in [0.2, 0.25) is 0 Å². The van der Waals surface area contributed by atoms with E-state index >= 15 is 0 Å². The van der Waals surface area contributed by atoms with Crippen LogP contribution >= 0.6 is 0 Å². The van der Waals surface area contributed by atoms with Crippen LogP contribution < -0.4 is 5.32 Å². The first-order valence-corrected chi connectivity index (χ1v) is 10.6. The molecule has 0 saturated heterocycles. The maximum Gasteiger partial charge on any atom is 0.328 e. The van der Waals surface area contributed by atoms with Gasteiger partial charge in [-0.15, -0.1) is 0 Å². The monoisotopic (exact) mass is 416 g/mol. The number of carbonyl (C=O) groups is 2. The number of H-pyrrole nitrogens is 1. The van der Waals surface area contributed by atoms with Gasteiger partial charge < -0.3 is 19.5 Å². The first kappa shape index (κ1) is 19.4. The molecule has 0 fully saturated rings. The summed E-state index contributed by atoms with van der Waals surface area (Å²) in [5.74, 6) is -0.702. The molecule has 0 bridgehead atoms. The van der Waals surface area contributed by atoms with E-state index in [2.05, 4.69) is 22.4 Å². The van der Waals surface area contributed by atoms with Crippen molar-refractivity contribution in [3.63, 3.8) is 0 Å². The van der Waals surface area contributed by atoms with E-state index in [0.29, 0.717) is 6.42 Å². The highest BCUT2D eigenvalue weighted by molar-refractivity contribution is 5.91. The summed E-state index contributed by atoms with van der Waals surface area (Å²) in [6.07, 6.45) is 7.32. The van der Waals surface area contributed by atoms with Gasteiger partial charge in [-0.25, -0.2) is 4.79 Å². The van der Waals surface area contributed by atoms with Crippen molar-refractivity contribution in [3.8, 4) is 0 Å². The summed E-state index contributed by atoms with van der Waals surface area (Å²) in [7, 11) is 1.33. The second-order valence-corrected chi connectivity index (χ2v) is 8.12. The maximum atomic E-state index is 12.8. The summed E-state index contributed by atoms with van der Waals surface area (Å²) in [6, 6.07) is 11.3. The highest BCUT2D eigenvalue weighted by Gasteiger charge is 2.24. The number of amides is 1. The van der Waals surface area contributed by atoms with Crippen LogP contribution in [0.3, 0.4) is 0 Å². The number of fused-ring (bicyclic) bond motifs is 3. The minimum atomic E-state index is -0.765. The Morgan fingerprint density at radius 2 is 1.94 bits per heavy atom. The van der Waals surface area contributed by atoms with E-state index in [1.807, 2.05) is 30.5 Å². The van der Waals surface area contributed by atoms with Crippen LogP contribution in [0.15, 0.2) is 53.3 Å². The number of nitrogens with one attached hydrogen (secondary N) is 2. The molecular weight excluding hydrogens is 392 g/mol. The van der Waals surface area contributed by atoms with Crippen LogP contribution in [0, 0.1) is 0 Å². The first-order valence-electron chi connectivity index (χ1n) is 10.6. The highest BCUT2D eigenvalue weighted by atomic mass is 16.5. The second kappa shape index (κ2) is 7.95. The van der Waals surface area contributed by atoms with Crippen LogP contribution in [0.25, 0.3) is 21.9 Å². The lowest BCUT2D eigenvalue weighted by Gasteiger charge is -2.16. The number of esters is 1. The Hall–Kier alpha value is -3.54. The maximum absolute atomic E-state index is 12.8. The molecule has 158 valence electrons. The van der Waals surface area contributed by atoms with Gasteiger partial charge in [0.05, 0.1) is 19.8 Å². The van der Waals surface area contributed by atoms with Gasteiger partial charge in [0, 0.05) is 34.5 Å². The van der Waals surface area contributed by atoms with Gasteiger partial charge in [-0.05, 0) is 54.2 Å². The van der Waals surface area contributed by atoms with Gasteiger partial charge in [-0.1, -0.05) is 18.2 Å². The van der Waals surface area contributed by atoms with E-state index in [9.17, 15) is 9.59 Å². The molecule has 0 spiro atoms. The van der Waals surface area contributed by atoms with Crippen LogP contribution in [0.4, 0.5) is 0 Å². The Balaban J connectivity index is 1.34. The van der Waals surface area contributed by atoms with Crippen LogP contribution in [0.5, 0.6) is 0 Å². The lowest BCUT2D eigenvalue weighted by atomic mass is 10.0. The lowest BCUT2D eigenvalue weighted by molar-refractivity contribution is -0.145. The molecule has 1 aliphatic carbocycles. The minimum absolute atomic E-state index is 0.146. The molecule has 2 N–H and O–H groups in total. The third kappa shape index (κ3) is 3.69. The van der Waals surface area contributed by atoms with Crippen molar-refractivity contribution in [1.82, 2.24) is 10.3 Å². The topological polar surface area (TPSA) is 84.3 Å². The fourth-order valence-corrected chi connectivity index (χ4v) is 4.56. The largest absolute Gasteiger partial charge is 0.467 e. The molecule has 6 nitrogen and oxygen atoms in total. The Morgan fingerprint density at radius 1 is 1.13 bits per heavy atom. The molecule has 1 atom stereocenters. The summed E-state index contributed by atoms with van der Waals surface area (Å²) in [6.45, 7) is 0. The fourth-order valence-electron chi connectivity index (χ4n) is 4.56. The number of hydrogen-bond acceptors (Lipinski definition) is 4. The Morgan fingerprint density at radius 3 is 2.77 bits per heavy atom. The van der Waals surface area contributed by atoms with E-state index in [1.165, 1.54) is 18.2 Å². The zero-order valence-corrected chi connectivity index (χ0v) is 17.4. The van der Waals surface area contributed by atoms with Crippen LogP contribution in [0.1, 0.15) is 28.7 Å².